The number of hydrogen-bond acceptors (Lipinski definition) is 7. The van der Waals surface area contributed by atoms with E-state index >= 15 is 0 Å². The number of nitrogens with zero attached hydrogens (tertiary/aromatic N) is 2. The Bertz CT molecular complexity index is 1590. The van der Waals surface area contributed by atoms with E-state index in [0.717, 1.165) is 38.7 Å². The van der Waals surface area contributed by atoms with Gasteiger partial charge in [-0.25, -0.2) is 0 Å². The zero-order valence-electron chi connectivity index (χ0n) is 22.9. The van der Waals surface area contributed by atoms with Crippen molar-refractivity contribution in [1.29, 1.82) is 0 Å². The standard InChI is InChI=1S/C32H32N4O5/c1-39-26-15-12-25(13-16-26)36-32(38)30(29(20-34-36)41-27-14-9-21-4-2-5-23(21)18-27)35-24-10-7-22(8-11-24)31(37)33-19-28-6-3-17-40-28/h7-16,18,20,28,35H,2-6,17,19H2,1H3,(H,33,37)/t28-/m0/s1. The van der Waals surface area contributed by atoms with Gasteiger partial charge in [0, 0.05) is 24.4 Å². The Morgan fingerprint density at radius 3 is 2.54 bits per heavy atom. The van der Waals surface area contributed by atoms with Crippen molar-refractivity contribution >= 4 is 17.3 Å². The number of aromatic nitrogens is 2. The van der Waals surface area contributed by atoms with Crippen LogP contribution in [0.15, 0.2) is 77.7 Å². The molecule has 41 heavy (non-hydrogen) atoms. The number of methoxy groups -OCH3 is 1. The number of aryl methyl sites for hydroxylation is 2. The van der Waals surface area contributed by atoms with Gasteiger partial charge in [0.1, 0.15) is 11.5 Å². The van der Waals surface area contributed by atoms with Crippen molar-refractivity contribution in [3.63, 3.8) is 0 Å². The van der Waals surface area contributed by atoms with Crippen LogP contribution in [0.5, 0.6) is 17.2 Å². The molecule has 0 saturated carbocycles. The van der Waals surface area contributed by atoms with Crippen molar-refractivity contribution in [2.45, 2.75) is 38.2 Å². The van der Waals surface area contributed by atoms with Crippen molar-refractivity contribution in [1.82, 2.24) is 15.1 Å². The summed E-state index contributed by atoms with van der Waals surface area (Å²) >= 11 is 0. The molecule has 0 bridgehead atoms. The van der Waals surface area contributed by atoms with Crippen LogP contribution in [0, 0.1) is 0 Å². The maximum atomic E-state index is 13.8. The average Bonchev–Trinajstić information content (AvgIpc) is 3.70. The molecule has 1 aromatic heterocycles. The Kier molecular flexibility index (Phi) is 7.69. The lowest BCUT2D eigenvalue weighted by atomic mass is 10.1. The van der Waals surface area contributed by atoms with E-state index in [9.17, 15) is 9.59 Å². The van der Waals surface area contributed by atoms with Crippen LogP contribution in [0.3, 0.4) is 0 Å². The van der Waals surface area contributed by atoms with Crippen molar-refractivity contribution in [3.05, 3.63) is 100.0 Å². The smallest absolute Gasteiger partial charge is 0.299 e. The Morgan fingerprint density at radius 1 is 1.00 bits per heavy atom. The van der Waals surface area contributed by atoms with Crippen LogP contribution in [0.2, 0.25) is 0 Å². The largest absolute Gasteiger partial charge is 0.497 e. The summed E-state index contributed by atoms with van der Waals surface area (Å²) in [5.41, 5.74) is 4.19. The quantitative estimate of drug-likeness (QED) is 0.295. The minimum atomic E-state index is -0.382. The van der Waals surface area contributed by atoms with E-state index in [0.29, 0.717) is 40.7 Å². The second kappa shape index (κ2) is 11.9. The van der Waals surface area contributed by atoms with Gasteiger partial charge in [0.2, 0.25) is 0 Å². The van der Waals surface area contributed by atoms with Crippen molar-refractivity contribution in [2.75, 3.05) is 25.6 Å². The van der Waals surface area contributed by atoms with Crippen LogP contribution < -0.4 is 25.7 Å². The van der Waals surface area contributed by atoms with Crippen molar-refractivity contribution < 1.29 is 19.0 Å². The number of ether oxygens (including phenoxy) is 3. The zero-order chi connectivity index (χ0) is 28.2. The fourth-order valence-electron chi connectivity index (χ4n) is 5.24. The molecule has 2 N–H and O–H groups in total. The van der Waals surface area contributed by atoms with Crippen molar-refractivity contribution in [3.8, 4) is 22.9 Å². The third-order valence-electron chi connectivity index (χ3n) is 7.49. The number of rotatable bonds is 9. The molecule has 9 nitrogen and oxygen atoms in total. The molecule has 1 saturated heterocycles. The number of anilines is 2. The summed E-state index contributed by atoms with van der Waals surface area (Å²) in [7, 11) is 1.59. The van der Waals surface area contributed by atoms with Gasteiger partial charge in [-0.1, -0.05) is 6.07 Å². The fraction of sp³-hybridized carbons (Fsp3) is 0.281. The maximum absolute atomic E-state index is 13.8. The molecule has 9 heteroatoms. The minimum Gasteiger partial charge on any atom is -0.497 e. The van der Waals surface area contributed by atoms with E-state index in [-0.39, 0.29) is 23.3 Å². The Balaban J connectivity index is 1.27. The minimum absolute atomic E-state index is 0.0727. The molecule has 210 valence electrons. The summed E-state index contributed by atoms with van der Waals surface area (Å²) < 4.78 is 18.4. The second-order valence-electron chi connectivity index (χ2n) is 10.2. The Hall–Kier alpha value is -4.63. The van der Waals surface area contributed by atoms with Crippen LogP contribution >= 0.6 is 0 Å². The first-order valence-corrected chi connectivity index (χ1v) is 13.9. The Morgan fingerprint density at radius 2 is 1.78 bits per heavy atom. The van der Waals surface area contributed by atoms with Gasteiger partial charge in [-0.05, 0) is 104 Å². The number of carbonyl (C=O) groups is 1. The van der Waals surface area contributed by atoms with E-state index in [1.165, 1.54) is 22.0 Å². The van der Waals surface area contributed by atoms with Crippen molar-refractivity contribution in [2.24, 2.45) is 0 Å². The molecular formula is C32H32N4O5. The SMILES string of the molecule is COc1ccc(-n2ncc(Oc3ccc4c(c3)CCC4)c(Nc3ccc(C(=O)NC[C@@H]4CCCO4)cc3)c2=O)cc1. The van der Waals surface area contributed by atoms with E-state index in [2.05, 4.69) is 21.8 Å². The molecule has 1 atom stereocenters. The zero-order valence-corrected chi connectivity index (χ0v) is 22.9. The van der Waals surface area contributed by atoms with Gasteiger partial charge in [0.25, 0.3) is 11.5 Å². The third kappa shape index (κ3) is 5.95. The summed E-state index contributed by atoms with van der Waals surface area (Å²) in [5.74, 6) is 1.46. The van der Waals surface area contributed by atoms with Gasteiger partial charge >= 0.3 is 0 Å². The summed E-state index contributed by atoms with van der Waals surface area (Å²) in [6.07, 6.45) is 6.81. The van der Waals surface area contributed by atoms with Crippen LogP contribution in [0.1, 0.15) is 40.7 Å². The number of nitrogens with one attached hydrogen (secondary N) is 2. The molecule has 2 heterocycles. The Labute approximate surface area is 238 Å². The highest BCUT2D eigenvalue weighted by Gasteiger charge is 2.19. The summed E-state index contributed by atoms with van der Waals surface area (Å²) in [6, 6.07) is 20.1. The molecule has 1 aliphatic carbocycles. The molecule has 4 aromatic rings. The maximum Gasteiger partial charge on any atom is 0.299 e. The fourth-order valence-corrected chi connectivity index (χ4v) is 5.24. The molecular weight excluding hydrogens is 520 g/mol. The van der Waals surface area contributed by atoms with E-state index in [4.69, 9.17) is 14.2 Å². The molecule has 0 radical (unpaired) electrons. The van der Waals surface area contributed by atoms with Gasteiger partial charge in [-0.3, -0.25) is 9.59 Å². The predicted molar refractivity (Wildman–Crippen MR) is 156 cm³/mol. The van der Waals surface area contributed by atoms with Crippen LogP contribution in [0.4, 0.5) is 11.4 Å². The number of carbonyl (C=O) groups excluding carboxylic acids is 1. The highest BCUT2D eigenvalue weighted by molar-refractivity contribution is 5.94. The average molecular weight is 553 g/mol. The predicted octanol–water partition coefficient (Wildman–Crippen LogP) is 5.17. The normalized spacial score (nSPS) is 15.8. The molecule has 2 aliphatic rings. The lowest BCUT2D eigenvalue weighted by molar-refractivity contribution is 0.0858. The number of benzene rings is 3. The summed E-state index contributed by atoms with van der Waals surface area (Å²) in [5, 5.41) is 10.5. The van der Waals surface area contributed by atoms with Gasteiger partial charge < -0.3 is 24.8 Å². The van der Waals surface area contributed by atoms with E-state index in [1.807, 2.05) is 12.1 Å². The topological polar surface area (TPSA) is 104 Å². The molecule has 0 unspecified atom stereocenters. The first-order valence-electron chi connectivity index (χ1n) is 13.9. The van der Waals surface area contributed by atoms with Gasteiger partial charge in [-0.15, -0.1) is 0 Å². The van der Waals surface area contributed by atoms with Crippen LogP contribution in [-0.4, -0.2) is 42.1 Å². The molecule has 3 aromatic carbocycles. The second-order valence-corrected chi connectivity index (χ2v) is 10.2. The molecule has 1 aliphatic heterocycles. The van der Waals surface area contributed by atoms with E-state index in [1.54, 1.807) is 55.6 Å². The number of amides is 1. The third-order valence-corrected chi connectivity index (χ3v) is 7.49. The van der Waals surface area contributed by atoms with Gasteiger partial charge in [0.15, 0.2) is 11.4 Å². The highest BCUT2D eigenvalue weighted by atomic mass is 16.5. The molecule has 1 amide bonds. The van der Waals surface area contributed by atoms with Gasteiger partial charge in [0.05, 0.1) is 25.1 Å². The van der Waals surface area contributed by atoms with Gasteiger partial charge in [-0.2, -0.15) is 9.78 Å². The summed E-state index contributed by atoms with van der Waals surface area (Å²) in [6.45, 7) is 1.23. The monoisotopic (exact) mass is 552 g/mol. The lowest BCUT2D eigenvalue weighted by Gasteiger charge is -2.15. The molecule has 1 fully saturated rings. The first kappa shape index (κ1) is 26.6. The molecule has 6 rings (SSSR count). The van der Waals surface area contributed by atoms with Crippen LogP contribution in [-0.2, 0) is 17.6 Å². The highest BCUT2D eigenvalue weighted by Crippen LogP contribution is 2.32. The van der Waals surface area contributed by atoms with E-state index < -0.39 is 0 Å². The van der Waals surface area contributed by atoms with Crippen LogP contribution in [0.25, 0.3) is 5.69 Å². The first-order chi connectivity index (χ1) is 20.1. The summed E-state index contributed by atoms with van der Waals surface area (Å²) in [4.78, 5) is 26.4. The number of hydrogen-bond donors (Lipinski definition) is 2. The molecule has 0 spiro atoms. The number of fused-ring (bicyclic) bond motifs is 1. The lowest BCUT2D eigenvalue weighted by Crippen LogP contribution is -2.31.